The van der Waals surface area contributed by atoms with E-state index < -0.39 is 15.7 Å². The topological polar surface area (TPSA) is 102 Å². The predicted octanol–water partition coefficient (Wildman–Crippen LogP) is 3.80. The van der Waals surface area contributed by atoms with Gasteiger partial charge in [-0.15, -0.1) is 16.8 Å². The number of anilines is 1. The normalized spacial score (nSPS) is 11.3. The molecular formula is C17H15N3O4S3. The standard InChI is InChI=1S/C17H15N3O4S3/c1-3-10-25-17-20-19-16(26-17)18-15(21)13-8-9-14(24-13)27(22,23)12-6-4-11(2)5-7-12/h3-9H,1,10H2,2H3,(H,18,19,21). The summed E-state index contributed by atoms with van der Waals surface area (Å²) in [6.45, 7) is 5.48. The van der Waals surface area contributed by atoms with Crippen molar-refractivity contribution in [2.75, 3.05) is 11.1 Å². The molecule has 0 radical (unpaired) electrons. The zero-order valence-corrected chi connectivity index (χ0v) is 16.7. The first-order chi connectivity index (χ1) is 12.9. The number of aromatic nitrogens is 2. The van der Waals surface area contributed by atoms with Crippen molar-refractivity contribution in [1.82, 2.24) is 10.2 Å². The van der Waals surface area contributed by atoms with Crippen LogP contribution in [0.4, 0.5) is 5.13 Å². The Morgan fingerprint density at radius 3 is 2.70 bits per heavy atom. The van der Waals surface area contributed by atoms with E-state index in [9.17, 15) is 13.2 Å². The Kier molecular flexibility index (Phi) is 5.78. The quantitative estimate of drug-likeness (QED) is 0.352. The van der Waals surface area contributed by atoms with Crippen LogP contribution in [0.3, 0.4) is 0 Å². The van der Waals surface area contributed by atoms with Gasteiger partial charge in [-0.2, -0.15) is 0 Å². The molecule has 0 atom stereocenters. The first kappa shape index (κ1) is 19.3. The van der Waals surface area contributed by atoms with E-state index in [-0.39, 0.29) is 15.7 Å². The van der Waals surface area contributed by atoms with Crippen molar-refractivity contribution in [3.05, 3.63) is 60.4 Å². The molecule has 1 N–H and O–H groups in total. The third kappa shape index (κ3) is 4.46. The van der Waals surface area contributed by atoms with E-state index in [0.717, 1.165) is 5.56 Å². The third-order valence-electron chi connectivity index (χ3n) is 3.35. The SMILES string of the molecule is C=CCSc1nnc(NC(=O)c2ccc(S(=O)(=O)c3ccc(C)cc3)o2)s1. The van der Waals surface area contributed by atoms with Gasteiger partial charge >= 0.3 is 0 Å². The van der Waals surface area contributed by atoms with Crippen LogP contribution in [-0.2, 0) is 9.84 Å². The molecule has 0 saturated carbocycles. The second-order valence-corrected chi connectivity index (χ2v) is 9.49. The summed E-state index contributed by atoms with van der Waals surface area (Å²) in [5.74, 6) is -0.0472. The number of amides is 1. The number of rotatable bonds is 7. The lowest BCUT2D eigenvalue weighted by atomic mass is 10.2. The first-order valence-corrected chi connectivity index (χ1v) is 11.0. The average molecular weight is 422 g/mol. The fraction of sp³-hybridized carbons (Fsp3) is 0.118. The number of nitrogens with zero attached hydrogens (tertiary/aromatic N) is 2. The van der Waals surface area contributed by atoms with Gasteiger partial charge in [-0.3, -0.25) is 10.1 Å². The van der Waals surface area contributed by atoms with Gasteiger partial charge in [0.25, 0.3) is 5.91 Å². The van der Waals surface area contributed by atoms with Gasteiger partial charge in [0.2, 0.25) is 20.1 Å². The summed E-state index contributed by atoms with van der Waals surface area (Å²) in [5, 5.41) is 10.3. The summed E-state index contributed by atoms with van der Waals surface area (Å²) in [6, 6.07) is 8.95. The largest absolute Gasteiger partial charge is 0.439 e. The molecule has 0 fully saturated rings. The van der Waals surface area contributed by atoms with Gasteiger partial charge in [0.05, 0.1) is 4.90 Å². The van der Waals surface area contributed by atoms with E-state index in [2.05, 4.69) is 22.1 Å². The Morgan fingerprint density at radius 1 is 1.26 bits per heavy atom. The van der Waals surface area contributed by atoms with Gasteiger partial charge in [0.1, 0.15) is 0 Å². The molecule has 1 amide bonds. The summed E-state index contributed by atoms with van der Waals surface area (Å²) >= 11 is 2.65. The van der Waals surface area contributed by atoms with E-state index in [1.807, 2.05) is 6.92 Å². The predicted molar refractivity (Wildman–Crippen MR) is 104 cm³/mol. The number of carbonyl (C=O) groups excluding carboxylic acids is 1. The molecule has 2 heterocycles. The lowest BCUT2D eigenvalue weighted by molar-refractivity contribution is 0.0991. The molecule has 0 aliphatic rings. The zero-order valence-electron chi connectivity index (χ0n) is 14.2. The number of benzene rings is 1. The molecule has 0 unspecified atom stereocenters. The fourth-order valence-electron chi connectivity index (χ4n) is 2.03. The maximum Gasteiger partial charge on any atom is 0.293 e. The number of carbonyl (C=O) groups is 1. The molecule has 1 aromatic carbocycles. The highest BCUT2D eigenvalue weighted by molar-refractivity contribution is 8.01. The number of aryl methyl sites for hydroxylation is 1. The van der Waals surface area contributed by atoms with Gasteiger partial charge in [-0.25, -0.2) is 8.42 Å². The zero-order chi connectivity index (χ0) is 19.4. The highest BCUT2D eigenvalue weighted by Gasteiger charge is 2.24. The molecule has 0 spiro atoms. The molecule has 0 aliphatic carbocycles. The highest BCUT2D eigenvalue weighted by Crippen LogP contribution is 2.27. The Labute approximate surface area is 164 Å². The van der Waals surface area contributed by atoms with E-state index in [1.54, 1.807) is 18.2 Å². The van der Waals surface area contributed by atoms with Crippen molar-refractivity contribution in [3.63, 3.8) is 0 Å². The van der Waals surface area contributed by atoms with Gasteiger partial charge in [-0.1, -0.05) is 46.9 Å². The molecular weight excluding hydrogens is 406 g/mol. The molecule has 3 rings (SSSR count). The molecule has 7 nitrogen and oxygen atoms in total. The van der Waals surface area contributed by atoms with Crippen LogP contribution < -0.4 is 5.32 Å². The Hall–Kier alpha value is -2.43. The maximum atomic E-state index is 12.6. The second kappa shape index (κ2) is 8.07. The van der Waals surface area contributed by atoms with Crippen molar-refractivity contribution < 1.29 is 17.6 Å². The molecule has 2 aromatic heterocycles. The van der Waals surface area contributed by atoms with E-state index in [0.29, 0.717) is 15.2 Å². The van der Waals surface area contributed by atoms with Crippen molar-refractivity contribution >= 4 is 44.0 Å². The maximum absolute atomic E-state index is 12.6. The van der Waals surface area contributed by atoms with Crippen molar-refractivity contribution in [2.45, 2.75) is 21.3 Å². The van der Waals surface area contributed by atoms with E-state index >= 15 is 0 Å². The number of furan rings is 1. The summed E-state index contributed by atoms with van der Waals surface area (Å²) in [7, 11) is -3.83. The smallest absolute Gasteiger partial charge is 0.293 e. The summed E-state index contributed by atoms with van der Waals surface area (Å²) in [6.07, 6.45) is 1.74. The van der Waals surface area contributed by atoms with Crippen molar-refractivity contribution in [3.8, 4) is 0 Å². The van der Waals surface area contributed by atoms with Gasteiger partial charge < -0.3 is 4.42 Å². The van der Waals surface area contributed by atoms with Crippen LogP contribution in [0.15, 0.2) is 67.8 Å². The second-order valence-electron chi connectivity index (χ2n) is 5.36. The molecule has 0 saturated heterocycles. The molecule has 140 valence electrons. The first-order valence-electron chi connectivity index (χ1n) is 7.70. The minimum atomic E-state index is -3.83. The van der Waals surface area contributed by atoms with Gasteiger partial charge in [0.15, 0.2) is 10.1 Å². The van der Waals surface area contributed by atoms with Crippen LogP contribution in [-0.4, -0.2) is 30.3 Å². The minimum absolute atomic E-state index is 0.0995. The summed E-state index contributed by atoms with van der Waals surface area (Å²) < 4.78 is 31.1. The van der Waals surface area contributed by atoms with Gasteiger partial charge in [-0.05, 0) is 31.2 Å². The lowest BCUT2D eigenvalue weighted by Crippen LogP contribution is -2.10. The summed E-state index contributed by atoms with van der Waals surface area (Å²) in [4.78, 5) is 12.4. The Bertz CT molecular complexity index is 1070. The monoisotopic (exact) mass is 421 g/mol. The van der Waals surface area contributed by atoms with Crippen LogP contribution >= 0.6 is 23.1 Å². The third-order valence-corrected chi connectivity index (χ3v) is 6.96. The Balaban J connectivity index is 1.74. The van der Waals surface area contributed by atoms with Gasteiger partial charge in [0, 0.05) is 5.75 Å². The van der Waals surface area contributed by atoms with E-state index in [1.165, 1.54) is 47.4 Å². The molecule has 0 bridgehead atoms. The summed E-state index contributed by atoms with van der Waals surface area (Å²) in [5.41, 5.74) is 0.941. The van der Waals surface area contributed by atoms with Crippen LogP contribution in [0.25, 0.3) is 0 Å². The van der Waals surface area contributed by atoms with E-state index in [4.69, 9.17) is 4.42 Å². The van der Waals surface area contributed by atoms with Crippen molar-refractivity contribution in [1.29, 1.82) is 0 Å². The van der Waals surface area contributed by atoms with Crippen LogP contribution in [0, 0.1) is 6.92 Å². The average Bonchev–Trinajstić information content (AvgIpc) is 3.30. The molecule has 0 aliphatic heterocycles. The Morgan fingerprint density at radius 2 is 2.00 bits per heavy atom. The number of thioether (sulfide) groups is 1. The lowest BCUT2D eigenvalue weighted by Gasteiger charge is -2.02. The highest BCUT2D eigenvalue weighted by atomic mass is 32.2. The van der Waals surface area contributed by atoms with Crippen molar-refractivity contribution in [2.24, 2.45) is 0 Å². The fourth-order valence-corrected chi connectivity index (χ4v) is 4.71. The van der Waals surface area contributed by atoms with Crippen LogP contribution in [0.1, 0.15) is 16.1 Å². The van der Waals surface area contributed by atoms with Crippen LogP contribution in [0.2, 0.25) is 0 Å². The van der Waals surface area contributed by atoms with Crippen LogP contribution in [0.5, 0.6) is 0 Å². The molecule has 3 aromatic rings. The molecule has 27 heavy (non-hydrogen) atoms. The number of nitrogens with one attached hydrogen (secondary N) is 1. The number of hydrogen-bond acceptors (Lipinski definition) is 8. The minimum Gasteiger partial charge on any atom is -0.439 e. The number of sulfone groups is 1. The molecule has 10 heteroatoms. The number of hydrogen-bond donors (Lipinski definition) is 1.